The summed E-state index contributed by atoms with van der Waals surface area (Å²) in [5.74, 6) is -0.107. The Bertz CT molecular complexity index is 908. The fourth-order valence-corrected chi connectivity index (χ4v) is 2.78. The van der Waals surface area contributed by atoms with Crippen molar-refractivity contribution in [1.29, 1.82) is 0 Å². The zero-order chi connectivity index (χ0) is 16.4. The van der Waals surface area contributed by atoms with E-state index in [1.165, 1.54) is 4.57 Å². The Morgan fingerprint density at radius 2 is 1.96 bits per heavy atom. The number of nitrogens with zero attached hydrogens (tertiary/aromatic N) is 2. The van der Waals surface area contributed by atoms with Crippen molar-refractivity contribution in [1.82, 2.24) is 9.55 Å². The van der Waals surface area contributed by atoms with Gasteiger partial charge in [-0.2, -0.15) is 0 Å². The van der Waals surface area contributed by atoms with Gasteiger partial charge in [-0.1, -0.05) is 24.3 Å². The zero-order valence-corrected chi connectivity index (χ0v) is 13.2. The molecule has 1 N–H and O–H groups in total. The molecule has 0 aliphatic heterocycles. The molecule has 0 fully saturated rings. The summed E-state index contributed by atoms with van der Waals surface area (Å²) in [6.07, 6.45) is 0. The Balaban J connectivity index is 1.93. The molecule has 0 aliphatic rings. The molecule has 3 aromatic rings. The van der Waals surface area contributed by atoms with Gasteiger partial charge in [0.15, 0.2) is 0 Å². The van der Waals surface area contributed by atoms with Gasteiger partial charge in [0, 0.05) is 12.2 Å². The van der Waals surface area contributed by atoms with Crippen LogP contribution in [0.3, 0.4) is 0 Å². The van der Waals surface area contributed by atoms with Gasteiger partial charge in [0.1, 0.15) is 6.54 Å². The third kappa shape index (κ3) is 2.90. The number of aromatic amines is 1. The van der Waals surface area contributed by atoms with Crippen LogP contribution in [0, 0.1) is 6.92 Å². The molecule has 1 amide bonds. The van der Waals surface area contributed by atoms with Crippen LogP contribution < -0.4 is 10.6 Å². The lowest BCUT2D eigenvalue weighted by molar-refractivity contribution is -0.119. The Labute approximate surface area is 134 Å². The summed E-state index contributed by atoms with van der Waals surface area (Å²) in [6.45, 7) is 4.49. The number of carbonyl (C=O) groups excluding carboxylic acids is 1. The highest BCUT2D eigenvalue weighted by Crippen LogP contribution is 2.17. The van der Waals surface area contributed by atoms with Gasteiger partial charge >= 0.3 is 5.69 Å². The number of amides is 1. The number of aryl methyl sites for hydroxylation is 1. The van der Waals surface area contributed by atoms with Gasteiger partial charge in [0.2, 0.25) is 5.91 Å². The van der Waals surface area contributed by atoms with Crippen molar-refractivity contribution in [3.63, 3.8) is 0 Å². The van der Waals surface area contributed by atoms with E-state index in [0.717, 1.165) is 22.3 Å². The van der Waals surface area contributed by atoms with Crippen LogP contribution in [0.15, 0.2) is 53.3 Å². The maximum atomic E-state index is 12.7. The summed E-state index contributed by atoms with van der Waals surface area (Å²) in [4.78, 5) is 29.3. The number of fused-ring (bicyclic) bond motifs is 1. The number of nitrogens with one attached hydrogen (secondary N) is 1. The molecular weight excluding hydrogens is 290 g/mol. The van der Waals surface area contributed by atoms with Gasteiger partial charge in [-0.15, -0.1) is 0 Å². The minimum absolute atomic E-state index is 0.0185. The Morgan fingerprint density at radius 3 is 2.70 bits per heavy atom. The van der Waals surface area contributed by atoms with Gasteiger partial charge < -0.3 is 9.88 Å². The molecule has 0 spiro atoms. The van der Waals surface area contributed by atoms with Crippen molar-refractivity contribution >= 4 is 22.6 Å². The minimum Gasteiger partial charge on any atom is -0.311 e. The largest absolute Gasteiger partial charge is 0.326 e. The third-order valence-electron chi connectivity index (χ3n) is 3.91. The highest BCUT2D eigenvalue weighted by Gasteiger charge is 2.17. The van der Waals surface area contributed by atoms with Gasteiger partial charge in [-0.25, -0.2) is 4.79 Å². The fourth-order valence-electron chi connectivity index (χ4n) is 2.78. The van der Waals surface area contributed by atoms with Crippen LogP contribution >= 0.6 is 0 Å². The summed E-state index contributed by atoms with van der Waals surface area (Å²) in [6, 6.07) is 15.2. The van der Waals surface area contributed by atoms with E-state index in [9.17, 15) is 9.59 Å². The molecule has 0 saturated heterocycles. The van der Waals surface area contributed by atoms with Crippen molar-refractivity contribution in [3.8, 4) is 0 Å². The molecule has 0 atom stereocenters. The molecular formula is C18H19N3O2. The average molecular weight is 309 g/mol. The molecule has 3 rings (SSSR count). The average Bonchev–Trinajstić information content (AvgIpc) is 2.84. The summed E-state index contributed by atoms with van der Waals surface area (Å²) in [5.41, 5.74) is 3.17. The first-order valence-corrected chi connectivity index (χ1v) is 7.64. The second kappa shape index (κ2) is 6.12. The van der Waals surface area contributed by atoms with Gasteiger partial charge in [-0.3, -0.25) is 9.36 Å². The lowest BCUT2D eigenvalue weighted by Crippen LogP contribution is -2.36. The van der Waals surface area contributed by atoms with E-state index < -0.39 is 0 Å². The second-order valence-corrected chi connectivity index (χ2v) is 5.51. The molecule has 0 saturated carbocycles. The standard InChI is InChI=1S/C18H19N3O2/c1-3-20(14-8-6-7-13(2)11-14)17(22)12-21-16-10-5-4-9-15(16)19-18(21)23/h4-11H,3,12H2,1-2H3,(H,19,23). The predicted molar refractivity (Wildman–Crippen MR) is 91.8 cm³/mol. The first-order valence-electron chi connectivity index (χ1n) is 7.64. The van der Waals surface area contributed by atoms with Crippen molar-refractivity contribution < 1.29 is 4.79 Å². The highest BCUT2D eigenvalue weighted by molar-refractivity contribution is 5.94. The van der Waals surface area contributed by atoms with E-state index in [-0.39, 0.29) is 18.1 Å². The Kier molecular flexibility index (Phi) is 4.02. The number of anilines is 1. The number of benzene rings is 2. The number of likely N-dealkylation sites (N-methyl/N-ethyl adjacent to an activating group) is 1. The van der Waals surface area contributed by atoms with Crippen LogP contribution in [-0.2, 0) is 11.3 Å². The molecule has 1 aromatic heterocycles. The molecule has 0 unspecified atom stereocenters. The quantitative estimate of drug-likeness (QED) is 0.805. The highest BCUT2D eigenvalue weighted by atomic mass is 16.2. The van der Waals surface area contributed by atoms with E-state index in [1.807, 2.05) is 62.4 Å². The lowest BCUT2D eigenvalue weighted by atomic mass is 10.2. The first kappa shape index (κ1) is 15.1. The van der Waals surface area contributed by atoms with Crippen molar-refractivity contribution in [2.45, 2.75) is 20.4 Å². The predicted octanol–water partition coefficient (Wildman–Crippen LogP) is 2.69. The van der Waals surface area contributed by atoms with E-state index in [0.29, 0.717) is 6.54 Å². The van der Waals surface area contributed by atoms with Crippen LogP contribution in [0.1, 0.15) is 12.5 Å². The van der Waals surface area contributed by atoms with E-state index in [4.69, 9.17) is 0 Å². The molecule has 0 aliphatic carbocycles. The van der Waals surface area contributed by atoms with Gasteiger partial charge in [0.25, 0.3) is 0 Å². The van der Waals surface area contributed by atoms with Crippen LogP contribution in [0.2, 0.25) is 0 Å². The van der Waals surface area contributed by atoms with Crippen LogP contribution in [0.5, 0.6) is 0 Å². The maximum Gasteiger partial charge on any atom is 0.326 e. The number of H-pyrrole nitrogens is 1. The minimum atomic E-state index is -0.264. The van der Waals surface area contributed by atoms with Crippen LogP contribution in [-0.4, -0.2) is 22.0 Å². The summed E-state index contributed by atoms with van der Waals surface area (Å²) >= 11 is 0. The number of imidazole rings is 1. The topological polar surface area (TPSA) is 58.1 Å². The first-order chi connectivity index (χ1) is 11.1. The summed E-state index contributed by atoms with van der Waals surface area (Å²) in [7, 11) is 0. The summed E-state index contributed by atoms with van der Waals surface area (Å²) in [5, 5.41) is 0. The molecule has 1 heterocycles. The lowest BCUT2D eigenvalue weighted by Gasteiger charge is -2.21. The van der Waals surface area contributed by atoms with Gasteiger partial charge in [-0.05, 0) is 43.7 Å². The Hall–Kier alpha value is -2.82. The molecule has 0 radical (unpaired) electrons. The van der Waals surface area contributed by atoms with E-state index in [1.54, 1.807) is 4.90 Å². The van der Waals surface area contributed by atoms with Crippen molar-refractivity contribution in [2.24, 2.45) is 0 Å². The van der Waals surface area contributed by atoms with Crippen molar-refractivity contribution in [3.05, 3.63) is 64.6 Å². The maximum absolute atomic E-state index is 12.7. The number of hydrogen-bond donors (Lipinski definition) is 1. The van der Waals surface area contributed by atoms with Crippen LogP contribution in [0.25, 0.3) is 11.0 Å². The summed E-state index contributed by atoms with van der Waals surface area (Å²) < 4.78 is 1.48. The van der Waals surface area contributed by atoms with E-state index in [2.05, 4.69) is 4.98 Å². The zero-order valence-electron chi connectivity index (χ0n) is 13.2. The number of hydrogen-bond acceptors (Lipinski definition) is 2. The van der Waals surface area contributed by atoms with Gasteiger partial charge in [0.05, 0.1) is 11.0 Å². The third-order valence-corrected chi connectivity index (χ3v) is 3.91. The number of aromatic nitrogens is 2. The number of carbonyl (C=O) groups is 1. The molecule has 118 valence electrons. The fraction of sp³-hybridized carbons (Fsp3) is 0.222. The SMILES string of the molecule is CCN(C(=O)Cn1c(=O)[nH]c2ccccc21)c1cccc(C)c1. The Morgan fingerprint density at radius 1 is 1.17 bits per heavy atom. The van der Waals surface area contributed by atoms with Crippen molar-refractivity contribution in [2.75, 3.05) is 11.4 Å². The molecule has 2 aromatic carbocycles. The number of rotatable bonds is 4. The molecule has 5 heteroatoms. The monoisotopic (exact) mass is 309 g/mol. The van der Waals surface area contributed by atoms with E-state index >= 15 is 0 Å². The second-order valence-electron chi connectivity index (χ2n) is 5.51. The smallest absolute Gasteiger partial charge is 0.311 e. The molecule has 5 nitrogen and oxygen atoms in total. The van der Waals surface area contributed by atoms with Crippen LogP contribution in [0.4, 0.5) is 5.69 Å². The normalized spacial score (nSPS) is 10.9. The number of para-hydroxylation sites is 2. The molecule has 0 bridgehead atoms. The molecule has 23 heavy (non-hydrogen) atoms.